The molecule has 1 aliphatic carbocycles. The van der Waals surface area contributed by atoms with E-state index in [1.165, 1.54) is 12.8 Å². The fraction of sp³-hybridized carbons (Fsp3) is 0.500. The van der Waals surface area contributed by atoms with Gasteiger partial charge in [-0.3, -0.25) is 4.79 Å². The lowest BCUT2D eigenvalue weighted by molar-refractivity contribution is 0.0950. The van der Waals surface area contributed by atoms with E-state index in [4.69, 9.17) is 15.2 Å². The molecule has 6 nitrogen and oxygen atoms in total. The highest BCUT2D eigenvalue weighted by Crippen LogP contribution is 2.35. The summed E-state index contributed by atoms with van der Waals surface area (Å²) in [5, 5.41) is 2.89. The molecule has 0 bridgehead atoms. The average Bonchev–Trinajstić information content (AvgIpc) is 3.17. The van der Waals surface area contributed by atoms with Gasteiger partial charge < -0.3 is 25.4 Å². The Morgan fingerprint density at radius 3 is 2.80 bits per heavy atom. The van der Waals surface area contributed by atoms with Crippen LogP contribution in [0.4, 0.5) is 5.69 Å². The van der Waals surface area contributed by atoms with Crippen LogP contribution in [0.1, 0.15) is 23.2 Å². The molecule has 0 spiro atoms. The van der Waals surface area contributed by atoms with Crippen LogP contribution in [-0.4, -0.2) is 43.8 Å². The van der Waals surface area contributed by atoms with E-state index in [1.54, 1.807) is 12.1 Å². The molecule has 1 aromatic rings. The number of nitrogen functional groups attached to an aromatic ring is 1. The minimum Gasteiger partial charge on any atom is -0.454 e. The molecule has 0 unspecified atom stereocenters. The number of amides is 1. The number of nitrogens with two attached hydrogens (primary N) is 1. The molecule has 6 heteroatoms. The van der Waals surface area contributed by atoms with Crippen molar-refractivity contribution in [3.05, 3.63) is 17.7 Å². The fourth-order valence-electron chi connectivity index (χ4n) is 2.29. The van der Waals surface area contributed by atoms with E-state index in [9.17, 15) is 4.79 Å². The van der Waals surface area contributed by atoms with E-state index in [-0.39, 0.29) is 12.7 Å². The van der Waals surface area contributed by atoms with Crippen LogP contribution < -0.4 is 20.5 Å². The zero-order chi connectivity index (χ0) is 14.1. The van der Waals surface area contributed by atoms with Gasteiger partial charge in [-0.05, 0) is 26.0 Å². The normalized spacial score (nSPS) is 16.5. The van der Waals surface area contributed by atoms with Crippen molar-refractivity contribution in [2.75, 3.05) is 32.7 Å². The van der Waals surface area contributed by atoms with E-state index >= 15 is 0 Å². The lowest BCUT2D eigenvalue weighted by Gasteiger charge is -2.16. The summed E-state index contributed by atoms with van der Waals surface area (Å²) >= 11 is 0. The number of hydrogen-bond donors (Lipinski definition) is 2. The Kier molecular flexibility index (Phi) is 3.40. The molecular weight excluding hydrogens is 258 g/mol. The number of hydrogen-bond acceptors (Lipinski definition) is 5. The Hall–Kier alpha value is -1.95. The molecule has 0 aromatic heterocycles. The van der Waals surface area contributed by atoms with Crippen molar-refractivity contribution in [3.63, 3.8) is 0 Å². The van der Waals surface area contributed by atoms with Crippen molar-refractivity contribution in [2.45, 2.75) is 18.9 Å². The van der Waals surface area contributed by atoms with Crippen LogP contribution in [0.3, 0.4) is 0 Å². The maximum Gasteiger partial charge on any atom is 0.253 e. The average molecular weight is 277 g/mol. The predicted molar refractivity (Wildman–Crippen MR) is 75.0 cm³/mol. The van der Waals surface area contributed by atoms with Crippen molar-refractivity contribution in [3.8, 4) is 11.5 Å². The van der Waals surface area contributed by atoms with Gasteiger partial charge in [0.05, 0.1) is 5.56 Å². The molecule has 0 saturated heterocycles. The molecular formula is C14H19N3O3. The van der Waals surface area contributed by atoms with Gasteiger partial charge in [-0.2, -0.15) is 0 Å². The molecule has 1 saturated carbocycles. The Morgan fingerprint density at radius 1 is 1.40 bits per heavy atom. The van der Waals surface area contributed by atoms with Crippen molar-refractivity contribution in [1.82, 2.24) is 10.2 Å². The fourth-order valence-corrected chi connectivity index (χ4v) is 2.29. The van der Waals surface area contributed by atoms with E-state index < -0.39 is 0 Å². The number of anilines is 1. The van der Waals surface area contributed by atoms with Gasteiger partial charge in [-0.15, -0.1) is 0 Å². The first-order valence-corrected chi connectivity index (χ1v) is 6.82. The van der Waals surface area contributed by atoms with Crippen LogP contribution >= 0.6 is 0 Å². The number of carbonyl (C=O) groups is 1. The molecule has 3 rings (SSSR count). The van der Waals surface area contributed by atoms with Crippen LogP contribution in [-0.2, 0) is 0 Å². The van der Waals surface area contributed by atoms with Gasteiger partial charge in [0.15, 0.2) is 11.5 Å². The van der Waals surface area contributed by atoms with Gasteiger partial charge >= 0.3 is 0 Å². The zero-order valence-electron chi connectivity index (χ0n) is 11.5. The molecule has 2 aliphatic rings. The smallest absolute Gasteiger partial charge is 0.253 e. The Morgan fingerprint density at radius 2 is 2.10 bits per heavy atom. The molecule has 3 N–H and O–H groups in total. The third kappa shape index (κ3) is 2.65. The maximum atomic E-state index is 12.1. The van der Waals surface area contributed by atoms with Crippen molar-refractivity contribution >= 4 is 11.6 Å². The highest BCUT2D eigenvalue weighted by Gasteiger charge is 2.25. The van der Waals surface area contributed by atoms with Crippen LogP contribution in [0.2, 0.25) is 0 Å². The first-order chi connectivity index (χ1) is 9.65. The highest BCUT2D eigenvalue weighted by molar-refractivity contribution is 6.00. The zero-order valence-corrected chi connectivity index (χ0v) is 11.5. The van der Waals surface area contributed by atoms with Crippen LogP contribution in [0, 0.1) is 0 Å². The number of carbonyl (C=O) groups excluding carboxylic acids is 1. The Balaban J connectivity index is 1.59. The van der Waals surface area contributed by atoms with Crippen LogP contribution in [0.5, 0.6) is 11.5 Å². The number of nitrogens with one attached hydrogen (secondary N) is 1. The largest absolute Gasteiger partial charge is 0.454 e. The molecule has 20 heavy (non-hydrogen) atoms. The van der Waals surface area contributed by atoms with Gasteiger partial charge in [0, 0.05) is 30.9 Å². The second-order valence-electron chi connectivity index (χ2n) is 5.26. The summed E-state index contributed by atoms with van der Waals surface area (Å²) < 4.78 is 10.5. The predicted octanol–water partition coefficient (Wildman–Crippen LogP) is 0.821. The highest BCUT2D eigenvalue weighted by atomic mass is 16.7. The van der Waals surface area contributed by atoms with Crippen LogP contribution in [0.25, 0.3) is 0 Å². The van der Waals surface area contributed by atoms with Gasteiger partial charge in [0.2, 0.25) is 6.79 Å². The monoisotopic (exact) mass is 277 g/mol. The molecule has 1 aromatic carbocycles. The minimum atomic E-state index is -0.176. The standard InChI is InChI=1S/C14H19N3O3/c1-17(9-2-3-9)5-4-16-14(18)10-6-12-13(7-11(10)15)20-8-19-12/h6-7,9H,2-5,8,15H2,1H3,(H,16,18). The maximum absolute atomic E-state index is 12.1. The molecule has 0 atom stereocenters. The van der Waals surface area contributed by atoms with Gasteiger partial charge in [-0.1, -0.05) is 0 Å². The molecule has 1 fully saturated rings. The third-order valence-electron chi connectivity index (χ3n) is 3.71. The lowest BCUT2D eigenvalue weighted by Crippen LogP contribution is -2.34. The van der Waals surface area contributed by atoms with E-state index in [0.717, 1.165) is 6.54 Å². The first kappa shape index (κ1) is 13.1. The summed E-state index contributed by atoms with van der Waals surface area (Å²) in [7, 11) is 2.08. The number of fused-ring (bicyclic) bond motifs is 1. The third-order valence-corrected chi connectivity index (χ3v) is 3.71. The number of nitrogens with zero attached hydrogens (tertiary/aromatic N) is 1. The minimum absolute atomic E-state index is 0.173. The van der Waals surface area contributed by atoms with Gasteiger partial charge in [0.25, 0.3) is 5.91 Å². The van der Waals surface area contributed by atoms with Crippen molar-refractivity contribution in [1.29, 1.82) is 0 Å². The van der Waals surface area contributed by atoms with E-state index in [0.29, 0.717) is 35.3 Å². The topological polar surface area (TPSA) is 76.8 Å². The summed E-state index contributed by atoms with van der Waals surface area (Å²) in [6, 6.07) is 3.97. The summed E-state index contributed by atoms with van der Waals surface area (Å²) in [6.45, 7) is 1.63. The Labute approximate surface area is 117 Å². The quantitative estimate of drug-likeness (QED) is 0.779. The number of ether oxygens (including phenoxy) is 2. The summed E-state index contributed by atoms with van der Waals surface area (Å²) in [5.41, 5.74) is 6.72. The SMILES string of the molecule is CN(CCNC(=O)c1cc2c(cc1N)OCO2)C1CC1. The number of rotatable bonds is 5. The molecule has 1 amide bonds. The molecule has 108 valence electrons. The van der Waals surface area contributed by atoms with E-state index in [1.807, 2.05) is 0 Å². The second-order valence-corrected chi connectivity index (χ2v) is 5.26. The molecule has 1 aliphatic heterocycles. The lowest BCUT2D eigenvalue weighted by atomic mass is 10.1. The summed E-state index contributed by atoms with van der Waals surface area (Å²) in [6.07, 6.45) is 2.53. The summed E-state index contributed by atoms with van der Waals surface area (Å²) in [5.74, 6) is 0.983. The second kappa shape index (κ2) is 5.20. The number of benzene rings is 1. The van der Waals surface area contributed by atoms with E-state index in [2.05, 4.69) is 17.3 Å². The number of likely N-dealkylation sites (N-methyl/N-ethyl adjacent to an activating group) is 1. The summed E-state index contributed by atoms with van der Waals surface area (Å²) in [4.78, 5) is 14.4. The molecule has 1 heterocycles. The Bertz CT molecular complexity index is 529. The first-order valence-electron chi connectivity index (χ1n) is 6.82. The van der Waals surface area contributed by atoms with Gasteiger partial charge in [0.1, 0.15) is 0 Å². The van der Waals surface area contributed by atoms with Gasteiger partial charge in [-0.25, -0.2) is 0 Å². The van der Waals surface area contributed by atoms with Crippen molar-refractivity contribution in [2.24, 2.45) is 0 Å². The molecule has 0 radical (unpaired) electrons. The van der Waals surface area contributed by atoms with Crippen LogP contribution in [0.15, 0.2) is 12.1 Å². The van der Waals surface area contributed by atoms with Crippen molar-refractivity contribution < 1.29 is 14.3 Å².